The number of benzene rings is 2. The molecule has 2 amide bonds. The van der Waals surface area contributed by atoms with Crippen LogP contribution in [0.4, 0.5) is 15.8 Å². The molecule has 4 N–H and O–H groups in total. The molecule has 1 unspecified atom stereocenters. The molecule has 0 saturated heterocycles. The first-order chi connectivity index (χ1) is 13.5. The van der Waals surface area contributed by atoms with Gasteiger partial charge in [0.2, 0.25) is 9.70 Å². The standard InChI is InChI=1S/C18H16Cl3FN4O2S/c1-10(27)23-13-3-2-4-14(9-13)24-17(29)26-16(18(19,20)21)25-15(28)11-5-7-12(22)8-6-11/h2-9,16H,1H3,(H,23,27)(H,25,28)(H2,24,26,29). The number of nitrogens with one attached hydrogen (secondary N) is 4. The van der Waals surface area contributed by atoms with E-state index in [1.807, 2.05) is 0 Å². The Morgan fingerprint density at radius 2 is 1.59 bits per heavy atom. The monoisotopic (exact) mass is 476 g/mol. The highest BCUT2D eigenvalue weighted by Gasteiger charge is 2.34. The quantitative estimate of drug-likeness (QED) is 0.295. The summed E-state index contributed by atoms with van der Waals surface area (Å²) in [6.45, 7) is 1.39. The first-order valence-corrected chi connectivity index (χ1v) is 9.67. The maximum Gasteiger partial charge on any atom is 0.252 e. The van der Waals surface area contributed by atoms with E-state index in [1.54, 1.807) is 24.3 Å². The molecule has 2 rings (SSSR count). The highest BCUT2D eigenvalue weighted by Crippen LogP contribution is 2.29. The van der Waals surface area contributed by atoms with Gasteiger partial charge in [0, 0.05) is 23.9 Å². The molecule has 2 aromatic carbocycles. The number of carbonyl (C=O) groups excluding carboxylic acids is 2. The minimum absolute atomic E-state index is 0.0562. The van der Waals surface area contributed by atoms with Gasteiger partial charge in [-0.1, -0.05) is 40.9 Å². The zero-order chi connectivity index (χ0) is 21.6. The minimum atomic E-state index is -1.94. The van der Waals surface area contributed by atoms with Crippen LogP contribution in [0.5, 0.6) is 0 Å². The van der Waals surface area contributed by atoms with Crippen LogP contribution in [0.3, 0.4) is 0 Å². The van der Waals surface area contributed by atoms with Crippen molar-refractivity contribution in [3.8, 4) is 0 Å². The fourth-order valence-electron chi connectivity index (χ4n) is 2.19. The van der Waals surface area contributed by atoms with E-state index in [9.17, 15) is 14.0 Å². The first-order valence-electron chi connectivity index (χ1n) is 8.13. The third-order valence-electron chi connectivity index (χ3n) is 3.43. The molecule has 0 saturated carbocycles. The van der Waals surface area contributed by atoms with Crippen molar-refractivity contribution in [3.63, 3.8) is 0 Å². The molecule has 0 spiro atoms. The van der Waals surface area contributed by atoms with Crippen LogP contribution in [0, 0.1) is 5.82 Å². The summed E-state index contributed by atoms with van der Waals surface area (Å²) >= 11 is 23.0. The summed E-state index contributed by atoms with van der Waals surface area (Å²) in [6.07, 6.45) is -1.19. The van der Waals surface area contributed by atoms with Gasteiger partial charge in [0.25, 0.3) is 5.91 Å². The lowest BCUT2D eigenvalue weighted by Gasteiger charge is -2.27. The second kappa shape index (κ2) is 10.1. The molecule has 0 radical (unpaired) electrons. The first kappa shape index (κ1) is 23.2. The van der Waals surface area contributed by atoms with E-state index < -0.39 is 21.7 Å². The molecular weight excluding hydrogens is 462 g/mol. The SMILES string of the molecule is CC(=O)Nc1cccc(NC(=S)NC(NC(=O)c2ccc(F)cc2)C(Cl)(Cl)Cl)c1. The van der Waals surface area contributed by atoms with Crippen LogP contribution >= 0.6 is 47.0 Å². The maximum absolute atomic E-state index is 13.0. The van der Waals surface area contributed by atoms with Gasteiger partial charge in [-0.15, -0.1) is 0 Å². The smallest absolute Gasteiger partial charge is 0.252 e. The van der Waals surface area contributed by atoms with E-state index in [2.05, 4.69) is 21.3 Å². The number of anilines is 2. The number of alkyl halides is 3. The van der Waals surface area contributed by atoms with Crippen molar-refractivity contribution in [2.24, 2.45) is 0 Å². The molecule has 154 valence electrons. The molecule has 0 aliphatic carbocycles. The number of thiocarbonyl (C=S) groups is 1. The largest absolute Gasteiger partial charge is 0.339 e. The number of amides is 2. The third kappa shape index (κ3) is 7.66. The predicted octanol–water partition coefficient (Wildman–Crippen LogP) is 4.20. The Balaban J connectivity index is 2.06. The van der Waals surface area contributed by atoms with Crippen molar-refractivity contribution >= 4 is 75.3 Å². The molecule has 29 heavy (non-hydrogen) atoms. The summed E-state index contributed by atoms with van der Waals surface area (Å²) in [5.41, 5.74) is 1.30. The summed E-state index contributed by atoms with van der Waals surface area (Å²) in [6, 6.07) is 11.6. The number of hydrogen-bond donors (Lipinski definition) is 4. The van der Waals surface area contributed by atoms with Gasteiger partial charge in [-0.05, 0) is 54.7 Å². The molecule has 0 bridgehead atoms. The molecule has 0 fully saturated rings. The zero-order valence-electron chi connectivity index (χ0n) is 14.9. The van der Waals surface area contributed by atoms with E-state index in [1.165, 1.54) is 19.1 Å². The molecule has 1 atom stereocenters. The Hall–Kier alpha value is -2.13. The van der Waals surface area contributed by atoms with Crippen LogP contribution in [0.25, 0.3) is 0 Å². The van der Waals surface area contributed by atoms with Gasteiger partial charge in [-0.25, -0.2) is 4.39 Å². The average molecular weight is 478 g/mol. The highest BCUT2D eigenvalue weighted by molar-refractivity contribution is 7.80. The summed E-state index contributed by atoms with van der Waals surface area (Å²) in [5, 5.41) is 10.8. The van der Waals surface area contributed by atoms with Gasteiger partial charge in [0.1, 0.15) is 12.0 Å². The van der Waals surface area contributed by atoms with E-state index in [0.29, 0.717) is 11.4 Å². The normalized spacial score (nSPS) is 11.9. The molecule has 11 heteroatoms. The molecule has 0 aliphatic rings. The summed E-state index contributed by atoms with van der Waals surface area (Å²) in [5.74, 6) is -1.30. The molecule has 0 aliphatic heterocycles. The van der Waals surface area contributed by atoms with Crippen LogP contribution in [-0.4, -0.2) is 26.9 Å². The second-order valence-electron chi connectivity index (χ2n) is 5.82. The fraction of sp³-hybridized carbons (Fsp3) is 0.167. The summed E-state index contributed by atoms with van der Waals surface area (Å²) in [7, 11) is 0. The average Bonchev–Trinajstić information content (AvgIpc) is 2.60. The topological polar surface area (TPSA) is 82.3 Å². The summed E-state index contributed by atoms with van der Waals surface area (Å²) < 4.78 is 11.1. The van der Waals surface area contributed by atoms with Gasteiger partial charge < -0.3 is 21.3 Å². The van der Waals surface area contributed by atoms with E-state index in [-0.39, 0.29) is 16.6 Å². The van der Waals surface area contributed by atoms with Crippen LogP contribution in [0.2, 0.25) is 0 Å². The van der Waals surface area contributed by atoms with Crippen LogP contribution in [-0.2, 0) is 4.79 Å². The van der Waals surface area contributed by atoms with Gasteiger partial charge in [-0.2, -0.15) is 0 Å². The van der Waals surface area contributed by atoms with E-state index >= 15 is 0 Å². The van der Waals surface area contributed by atoms with Crippen molar-refractivity contribution in [2.75, 3.05) is 10.6 Å². The van der Waals surface area contributed by atoms with Gasteiger partial charge in [0.15, 0.2) is 5.11 Å². The van der Waals surface area contributed by atoms with Gasteiger partial charge in [-0.3, -0.25) is 9.59 Å². The molecule has 0 aromatic heterocycles. The summed E-state index contributed by atoms with van der Waals surface area (Å²) in [4.78, 5) is 23.5. The number of rotatable bonds is 5. The minimum Gasteiger partial charge on any atom is -0.339 e. The van der Waals surface area contributed by atoms with E-state index in [4.69, 9.17) is 47.0 Å². The Bertz CT molecular complexity index is 907. The second-order valence-corrected chi connectivity index (χ2v) is 8.59. The predicted molar refractivity (Wildman–Crippen MR) is 118 cm³/mol. The van der Waals surface area contributed by atoms with Crippen molar-refractivity contribution in [1.82, 2.24) is 10.6 Å². The number of hydrogen-bond acceptors (Lipinski definition) is 3. The molecular formula is C18H16Cl3FN4O2S. The van der Waals surface area contributed by atoms with Crippen LogP contribution < -0.4 is 21.3 Å². The molecule has 2 aromatic rings. The lowest BCUT2D eigenvalue weighted by molar-refractivity contribution is -0.114. The van der Waals surface area contributed by atoms with Crippen molar-refractivity contribution in [3.05, 3.63) is 59.9 Å². The van der Waals surface area contributed by atoms with Gasteiger partial charge in [0.05, 0.1) is 0 Å². The lowest BCUT2D eigenvalue weighted by atomic mass is 10.2. The van der Waals surface area contributed by atoms with E-state index in [0.717, 1.165) is 12.1 Å². The van der Waals surface area contributed by atoms with Crippen molar-refractivity contribution in [2.45, 2.75) is 16.9 Å². The Morgan fingerprint density at radius 3 is 2.14 bits per heavy atom. The highest BCUT2D eigenvalue weighted by atomic mass is 35.6. The third-order valence-corrected chi connectivity index (χ3v) is 4.30. The maximum atomic E-state index is 13.0. The number of halogens is 4. The Morgan fingerprint density at radius 1 is 1.00 bits per heavy atom. The van der Waals surface area contributed by atoms with Crippen LogP contribution in [0.15, 0.2) is 48.5 Å². The fourth-order valence-corrected chi connectivity index (χ4v) is 2.75. The zero-order valence-corrected chi connectivity index (χ0v) is 18.0. The molecule has 6 nitrogen and oxygen atoms in total. The Labute approximate surface area is 187 Å². The number of carbonyl (C=O) groups is 2. The Kier molecular flexibility index (Phi) is 8.04. The van der Waals surface area contributed by atoms with Crippen molar-refractivity contribution < 1.29 is 14.0 Å². The molecule has 0 heterocycles. The lowest BCUT2D eigenvalue weighted by Crippen LogP contribution is -2.56. The van der Waals surface area contributed by atoms with Crippen LogP contribution in [0.1, 0.15) is 17.3 Å². The van der Waals surface area contributed by atoms with Gasteiger partial charge >= 0.3 is 0 Å². The van der Waals surface area contributed by atoms with Crippen molar-refractivity contribution in [1.29, 1.82) is 0 Å².